The van der Waals surface area contributed by atoms with Crippen LogP contribution in [0, 0.1) is 0 Å². The minimum absolute atomic E-state index is 0.505. The predicted molar refractivity (Wildman–Crippen MR) is 101 cm³/mol. The quantitative estimate of drug-likeness (QED) is 0.572. The second-order valence-electron chi connectivity index (χ2n) is 7.05. The first-order valence-corrected chi connectivity index (χ1v) is 10.0. The molecule has 0 spiro atoms. The summed E-state index contributed by atoms with van der Waals surface area (Å²) >= 11 is 1.70. The van der Waals surface area contributed by atoms with Crippen LogP contribution in [0.3, 0.4) is 0 Å². The molecule has 3 aromatic heterocycles. The molecule has 6 rings (SSSR count). The number of ether oxygens (including phenoxy) is 2. The van der Waals surface area contributed by atoms with Gasteiger partial charge in [0.1, 0.15) is 36.2 Å². The van der Waals surface area contributed by atoms with Gasteiger partial charge in [-0.25, -0.2) is 9.67 Å². The molecule has 1 fully saturated rings. The molecule has 28 heavy (non-hydrogen) atoms. The second kappa shape index (κ2) is 6.05. The van der Waals surface area contributed by atoms with Gasteiger partial charge in [-0.1, -0.05) is 5.21 Å². The van der Waals surface area contributed by atoms with Gasteiger partial charge >= 0.3 is 0 Å². The molecule has 8 nitrogen and oxygen atoms in total. The zero-order valence-corrected chi connectivity index (χ0v) is 15.7. The van der Waals surface area contributed by atoms with Gasteiger partial charge in [0.2, 0.25) is 0 Å². The van der Waals surface area contributed by atoms with Crippen molar-refractivity contribution in [1.82, 2.24) is 24.4 Å². The molecule has 1 aromatic carbocycles. The highest BCUT2D eigenvalue weighted by atomic mass is 32.1. The van der Waals surface area contributed by atoms with E-state index in [-0.39, 0.29) is 0 Å². The molecule has 1 aliphatic carbocycles. The van der Waals surface area contributed by atoms with Gasteiger partial charge in [-0.15, -0.1) is 16.4 Å². The van der Waals surface area contributed by atoms with Crippen LogP contribution in [0.15, 0.2) is 36.9 Å². The van der Waals surface area contributed by atoms with Crippen molar-refractivity contribution in [3.8, 4) is 17.2 Å². The van der Waals surface area contributed by atoms with Crippen LogP contribution in [-0.2, 0) is 0 Å². The van der Waals surface area contributed by atoms with E-state index in [4.69, 9.17) is 9.47 Å². The Kier molecular flexibility index (Phi) is 3.47. The summed E-state index contributed by atoms with van der Waals surface area (Å²) in [6, 6.07) is 5.63. The number of aliphatic hydroxyl groups is 1. The monoisotopic (exact) mass is 395 g/mol. The largest absolute Gasteiger partial charge is 0.486 e. The number of fused-ring (bicyclic) bond motifs is 2. The van der Waals surface area contributed by atoms with Gasteiger partial charge in [-0.2, -0.15) is 0 Å². The number of nitrogens with zero attached hydrogens (tertiary/aromatic N) is 5. The van der Waals surface area contributed by atoms with Crippen molar-refractivity contribution in [3.05, 3.63) is 53.2 Å². The molecular formula is C19H17N5O3S. The van der Waals surface area contributed by atoms with E-state index in [2.05, 4.69) is 15.3 Å². The molecule has 4 aromatic rings. The number of hydrogen-bond acceptors (Lipinski definition) is 7. The molecule has 1 saturated carbocycles. The highest BCUT2D eigenvalue weighted by molar-refractivity contribution is 7.17. The maximum Gasteiger partial charge on any atom is 0.163 e. The van der Waals surface area contributed by atoms with E-state index in [0.29, 0.717) is 30.6 Å². The third-order valence-electron chi connectivity index (χ3n) is 5.12. The van der Waals surface area contributed by atoms with Gasteiger partial charge in [0, 0.05) is 10.9 Å². The van der Waals surface area contributed by atoms with Crippen molar-refractivity contribution in [3.63, 3.8) is 0 Å². The first kappa shape index (κ1) is 16.1. The smallest absolute Gasteiger partial charge is 0.163 e. The van der Waals surface area contributed by atoms with E-state index >= 15 is 0 Å². The first-order valence-electron chi connectivity index (χ1n) is 9.23. The first-order chi connectivity index (χ1) is 13.8. The molecule has 0 radical (unpaired) electrons. The summed E-state index contributed by atoms with van der Waals surface area (Å²) in [7, 11) is 0. The van der Waals surface area contributed by atoms with Gasteiger partial charge in [0.15, 0.2) is 11.5 Å². The van der Waals surface area contributed by atoms with Crippen LogP contribution in [-0.4, -0.2) is 42.7 Å². The molecule has 1 unspecified atom stereocenters. The Bertz CT molecular complexity index is 1180. The second-order valence-corrected chi connectivity index (χ2v) is 8.11. The van der Waals surface area contributed by atoms with Crippen molar-refractivity contribution in [2.45, 2.75) is 24.9 Å². The lowest BCUT2D eigenvalue weighted by molar-refractivity contribution is 0.171. The van der Waals surface area contributed by atoms with E-state index in [1.165, 1.54) is 17.7 Å². The number of imidazole rings is 1. The van der Waals surface area contributed by atoms with E-state index in [9.17, 15) is 5.11 Å². The molecular weight excluding hydrogens is 378 g/mol. The zero-order chi connectivity index (χ0) is 18.7. The van der Waals surface area contributed by atoms with Crippen molar-refractivity contribution in [1.29, 1.82) is 0 Å². The lowest BCUT2D eigenvalue weighted by atomic mass is 10.1. The fraction of sp³-hybridized carbons (Fsp3) is 0.316. The molecule has 1 N–H and O–H groups in total. The maximum atomic E-state index is 11.1. The number of aromatic nitrogens is 5. The van der Waals surface area contributed by atoms with Gasteiger partial charge in [0.25, 0.3) is 0 Å². The average molecular weight is 395 g/mol. The highest BCUT2D eigenvalue weighted by Crippen LogP contribution is 2.47. The van der Waals surface area contributed by atoms with Crippen LogP contribution in [0.4, 0.5) is 0 Å². The van der Waals surface area contributed by atoms with E-state index in [1.54, 1.807) is 28.5 Å². The molecule has 142 valence electrons. The topological polar surface area (TPSA) is 86.7 Å². The Morgan fingerprint density at radius 2 is 2.04 bits per heavy atom. The molecule has 0 bridgehead atoms. The van der Waals surface area contributed by atoms with E-state index in [0.717, 1.165) is 22.0 Å². The fourth-order valence-corrected chi connectivity index (χ4v) is 4.87. The summed E-state index contributed by atoms with van der Waals surface area (Å²) in [6.07, 6.45) is 6.82. The third kappa shape index (κ3) is 2.50. The van der Waals surface area contributed by atoms with Crippen LogP contribution in [0.5, 0.6) is 11.5 Å². The van der Waals surface area contributed by atoms with Crippen LogP contribution in [0.2, 0.25) is 0 Å². The zero-order valence-electron chi connectivity index (χ0n) is 14.9. The van der Waals surface area contributed by atoms with Crippen LogP contribution in [0.25, 0.3) is 10.5 Å². The number of benzene rings is 1. The van der Waals surface area contributed by atoms with Crippen LogP contribution >= 0.6 is 11.3 Å². The highest BCUT2D eigenvalue weighted by Gasteiger charge is 2.33. The van der Waals surface area contributed by atoms with Crippen molar-refractivity contribution in [2.75, 3.05) is 13.2 Å². The lowest BCUT2D eigenvalue weighted by Crippen LogP contribution is -2.15. The lowest BCUT2D eigenvalue weighted by Gasteiger charge is -2.18. The van der Waals surface area contributed by atoms with Crippen molar-refractivity contribution >= 4 is 16.2 Å². The average Bonchev–Trinajstić information content (AvgIpc) is 3.14. The summed E-state index contributed by atoms with van der Waals surface area (Å²) in [5.41, 5.74) is 2.16. The molecule has 1 aliphatic heterocycles. The van der Waals surface area contributed by atoms with Gasteiger partial charge < -0.3 is 14.6 Å². The number of aliphatic hydroxyl groups excluding tert-OH is 1. The fourth-order valence-electron chi connectivity index (χ4n) is 3.57. The SMILES string of the molecule is OC(c1cn(-c2ccc3c(c2)OCCO3)nn1)c1c(C2CC2)sc2cncn12. The number of rotatable bonds is 4. The number of hydrogen-bond donors (Lipinski definition) is 1. The van der Waals surface area contributed by atoms with Gasteiger partial charge in [-0.05, 0) is 30.9 Å². The predicted octanol–water partition coefficient (Wildman–Crippen LogP) is 2.71. The molecule has 2 aliphatic rings. The summed E-state index contributed by atoms with van der Waals surface area (Å²) < 4.78 is 14.8. The summed E-state index contributed by atoms with van der Waals surface area (Å²) in [5, 5.41) is 19.6. The molecule has 4 heterocycles. The standard InChI is InChI=1S/C19H17N5O3S/c25-18(17-19(11-1-2-11)28-16-8-20-10-23(16)17)13-9-24(22-21-13)12-3-4-14-15(7-12)27-6-5-26-14/h3-4,7-11,18,25H,1-2,5-6H2. The molecule has 0 saturated heterocycles. The van der Waals surface area contributed by atoms with E-state index in [1.807, 2.05) is 28.8 Å². The third-order valence-corrected chi connectivity index (χ3v) is 6.39. The summed E-state index contributed by atoms with van der Waals surface area (Å²) in [5.74, 6) is 1.95. The Balaban J connectivity index is 1.37. The molecule has 9 heteroatoms. The summed E-state index contributed by atoms with van der Waals surface area (Å²) in [6.45, 7) is 1.08. The Morgan fingerprint density at radius 1 is 1.18 bits per heavy atom. The maximum absolute atomic E-state index is 11.1. The van der Waals surface area contributed by atoms with Crippen molar-refractivity contribution < 1.29 is 14.6 Å². The molecule has 1 atom stereocenters. The number of thiazole rings is 1. The minimum Gasteiger partial charge on any atom is -0.486 e. The molecule has 0 amide bonds. The van der Waals surface area contributed by atoms with Crippen LogP contribution < -0.4 is 9.47 Å². The van der Waals surface area contributed by atoms with Gasteiger partial charge in [-0.3, -0.25) is 4.40 Å². The Labute approximate surface area is 164 Å². The summed E-state index contributed by atoms with van der Waals surface area (Å²) in [4.78, 5) is 6.47. The minimum atomic E-state index is -0.857. The van der Waals surface area contributed by atoms with Crippen LogP contribution in [0.1, 0.15) is 41.1 Å². The normalized spacial score (nSPS) is 17.2. The van der Waals surface area contributed by atoms with Gasteiger partial charge in [0.05, 0.1) is 23.8 Å². The Hall–Kier alpha value is -2.91. The van der Waals surface area contributed by atoms with E-state index < -0.39 is 6.10 Å². The van der Waals surface area contributed by atoms with Crippen molar-refractivity contribution in [2.24, 2.45) is 0 Å². The Morgan fingerprint density at radius 3 is 2.89 bits per heavy atom.